The van der Waals surface area contributed by atoms with Crippen molar-refractivity contribution in [1.82, 2.24) is 9.21 Å². The maximum absolute atomic E-state index is 12.9. The van der Waals surface area contributed by atoms with Crippen LogP contribution >= 0.6 is 0 Å². The molecule has 0 bridgehead atoms. The van der Waals surface area contributed by atoms with Gasteiger partial charge in [-0.25, -0.2) is 8.42 Å². The molecule has 0 aromatic heterocycles. The summed E-state index contributed by atoms with van der Waals surface area (Å²) in [6.45, 7) is 4.42. The first-order valence-corrected chi connectivity index (χ1v) is 10.9. The van der Waals surface area contributed by atoms with Gasteiger partial charge in [0.15, 0.2) is 11.5 Å². The Labute approximate surface area is 165 Å². The average Bonchev–Trinajstić information content (AvgIpc) is 2.94. The van der Waals surface area contributed by atoms with Crippen LogP contribution < -0.4 is 15.2 Å². The van der Waals surface area contributed by atoms with E-state index in [0.29, 0.717) is 43.4 Å². The molecular weight excluding hydrogens is 378 g/mol. The molecule has 0 spiro atoms. The highest BCUT2D eigenvalue weighted by molar-refractivity contribution is 7.89. The molecule has 150 valence electrons. The van der Waals surface area contributed by atoms with Gasteiger partial charge in [-0.1, -0.05) is 6.07 Å². The molecular formula is C20H25N3O4S. The Hall–Kier alpha value is -2.29. The summed E-state index contributed by atoms with van der Waals surface area (Å²) < 4.78 is 38.6. The lowest BCUT2D eigenvalue weighted by molar-refractivity contribution is 0.171. The Morgan fingerprint density at radius 1 is 0.893 bits per heavy atom. The standard InChI is InChI=1S/C20H25N3O4S/c21-17-3-5-18(6-4-17)28(24,25)23-9-1-8-22(10-11-23)15-16-2-7-19-20(14-16)27-13-12-26-19/h2-7,14H,1,8-13,15,21H2. The van der Waals surface area contributed by atoms with Crippen molar-refractivity contribution in [3.63, 3.8) is 0 Å². The molecule has 1 fully saturated rings. The molecule has 8 heteroatoms. The van der Waals surface area contributed by atoms with Crippen LogP contribution in [0.1, 0.15) is 12.0 Å². The molecule has 0 atom stereocenters. The van der Waals surface area contributed by atoms with E-state index in [1.165, 1.54) is 0 Å². The lowest BCUT2D eigenvalue weighted by Gasteiger charge is -2.23. The topological polar surface area (TPSA) is 85.1 Å². The van der Waals surface area contributed by atoms with Gasteiger partial charge in [-0.15, -0.1) is 0 Å². The Bertz CT molecular complexity index is 931. The van der Waals surface area contributed by atoms with E-state index in [1.807, 2.05) is 18.2 Å². The zero-order valence-corrected chi connectivity index (χ0v) is 16.5. The van der Waals surface area contributed by atoms with Crippen molar-refractivity contribution >= 4 is 15.7 Å². The van der Waals surface area contributed by atoms with Crippen LogP contribution in [0.2, 0.25) is 0 Å². The number of anilines is 1. The minimum Gasteiger partial charge on any atom is -0.486 e. The predicted octanol–water partition coefficient (Wildman–Crippen LogP) is 1.94. The Balaban J connectivity index is 1.42. The van der Waals surface area contributed by atoms with E-state index < -0.39 is 10.0 Å². The number of nitrogens with two attached hydrogens (primary N) is 1. The van der Waals surface area contributed by atoms with Gasteiger partial charge in [0, 0.05) is 31.9 Å². The smallest absolute Gasteiger partial charge is 0.243 e. The van der Waals surface area contributed by atoms with Crippen LogP contribution in [0.15, 0.2) is 47.4 Å². The van der Waals surface area contributed by atoms with Crippen LogP contribution in [0.3, 0.4) is 0 Å². The lowest BCUT2D eigenvalue weighted by atomic mass is 10.1. The van der Waals surface area contributed by atoms with E-state index in [-0.39, 0.29) is 0 Å². The van der Waals surface area contributed by atoms with E-state index in [2.05, 4.69) is 4.90 Å². The summed E-state index contributed by atoms with van der Waals surface area (Å²) in [6.07, 6.45) is 0.790. The van der Waals surface area contributed by atoms with Gasteiger partial charge >= 0.3 is 0 Å². The number of hydrogen-bond donors (Lipinski definition) is 1. The van der Waals surface area contributed by atoms with Crippen LogP contribution in [0.4, 0.5) is 5.69 Å². The summed E-state index contributed by atoms with van der Waals surface area (Å²) in [5, 5.41) is 0. The molecule has 1 saturated heterocycles. The number of sulfonamides is 1. The molecule has 0 aliphatic carbocycles. The van der Waals surface area contributed by atoms with Crippen LogP contribution in [0, 0.1) is 0 Å². The van der Waals surface area contributed by atoms with Gasteiger partial charge in [-0.3, -0.25) is 4.90 Å². The third-order valence-electron chi connectivity index (χ3n) is 5.08. The van der Waals surface area contributed by atoms with Crippen LogP contribution in [0.5, 0.6) is 11.5 Å². The number of fused-ring (bicyclic) bond motifs is 1. The van der Waals surface area contributed by atoms with E-state index in [4.69, 9.17) is 15.2 Å². The fraction of sp³-hybridized carbons (Fsp3) is 0.400. The third kappa shape index (κ3) is 4.09. The largest absolute Gasteiger partial charge is 0.486 e. The number of ether oxygens (including phenoxy) is 2. The maximum Gasteiger partial charge on any atom is 0.243 e. The Morgan fingerprint density at radius 2 is 1.64 bits per heavy atom. The monoisotopic (exact) mass is 403 g/mol. The van der Waals surface area contributed by atoms with Crippen molar-refractivity contribution in [2.45, 2.75) is 17.9 Å². The van der Waals surface area contributed by atoms with Crippen molar-refractivity contribution < 1.29 is 17.9 Å². The highest BCUT2D eigenvalue weighted by Crippen LogP contribution is 2.31. The molecule has 2 heterocycles. The molecule has 2 aromatic rings. The average molecular weight is 404 g/mol. The molecule has 0 saturated carbocycles. The summed E-state index contributed by atoms with van der Waals surface area (Å²) in [7, 11) is -3.50. The van der Waals surface area contributed by atoms with Crippen molar-refractivity contribution in [3.8, 4) is 11.5 Å². The van der Waals surface area contributed by atoms with Crippen molar-refractivity contribution in [2.24, 2.45) is 0 Å². The van der Waals surface area contributed by atoms with Gasteiger partial charge in [-0.05, 0) is 54.9 Å². The Morgan fingerprint density at radius 3 is 2.43 bits per heavy atom. The quantitative estimate of drug-likeness (QED) is 0.786. The first-order valence-electron chi connectivity index (χ1n) is 9.49. The van der Waals surface area contributed by atoms with Gasteiger partial charge in [0.2, 0.25) is 10.0 Å². The van der Waals surface area contributed by atoms with Crippen molar-refractivity contribution in [3.05, 3.63) is 48.0 Å². The van der Waals surface area contributed by atoms with E-state index in [9.17, 15) is 8.42 Å². The molecule has 2 aliphatic rings. The van der Waals surface area contributed by atoms with Crippen molar-refractivity contribution in [1.29, 1.82) is 0 Å². The van der Waals surface area contributed by atoms with Gasteiger partial charge in [0.25, 0.3) is 0 Å². The second kappa shape index (κ2) is 7.98. The predicted molar refractivity (Wildman–Crippen MR) is 107 cm³/mol. The molecule has 28 heavy (non-hydrogen) atoms. The number of benzene rings is 2. The summed E-state index contributed by atoms with van der Waals surface area (Å²) in [5.74, 6) is 1.57. The van der Waals surface area contributed by atoms with Crippen LogP contribution in [-0.2, 0) is 16.6 Å². The van der Waals surface area contributed by atoms with Gasteiger partial charge in [0.1, 0.15) is 13.2 Å². The molecule has 7 nitrogen and oxygen atoms in total. The van der Waals surface area contributed by atoms with Gasteiger partial charge in [0.05, 0.1) is 4.90 Å². The molecule has 2 aliphatic heterocycles. The minimum atomic E-state index is -3.50. The SMILES string of the molecule is Nc1ccc(S(=O)(=O)N2CCCN(Cc3ccc4c(c3)OCCO4)CC2)cc1. The van der Waals surface area contributed by atoms with E-state index in [1.54, 1.807) is 28.6 Å². The highest BCUT2D eigenvalue weighted by atomic mass is 32.2. The van der Waals surface area contributed by atoms with Crippen LogP contribution in [0.25, 0.3) is 0 Å². The zero-order valence-electron chi connectivity index (χ0n) is 15.7. The van der Waals surface area contributed by atoms with E-state index in [0.717, 1.165) is 36.6 Å². The second-order valence-corrected chi connectivity index (χ2v) is 9.02. The molecule has 2 aromatic carbocycles. The molecule has 2 N–H and O–H groups in total. The third-order valence-corrected chi connectivity index (χ3v) is 6.99. The maximum atomic E-state index is 12.9. The van der Waals surface area contributed by atoms with Gasteiger partial charge < -0.3 is 15.2 Å². The van der Waals surface area contributed by atoms with Crippen LogP contribution in [-0.4, -0.2) is 57.0 Å². The number of nitrogen functional groups attached to an aromatic ring is 1. The Kier molecular flexibility index (Phi) is 5.43. The first kappa shape index (κ1) is 19.0. The normalized spacial score (nSPS) is 18.6. The number of rotatable bonds is 4. The van der Waals surface area contributed by atoms with Crippen molar-refractivity contribution in [2.75, 3.05) is 45.1 Å². The second-order valence-electron chi connectivity index (χ2n) is 7.08. The minimum absolute atomic E-state index is 0.294. The highest BCUT2D eigenvalue weighted by Gasteiger charge is 2.27. The molecule has 0 amide bonds. The molecule has 0 unspecified atom stereocenters. The summed E-state index contributed by atoms with van der Waals surface area (Å²) >= 11 is 0. The summed E-state index contributed by atoms with van der Waals surface area (Å²) in [6, 6.07) is 12.4. The lowest BCUT2D eigenvalue weighted by Crippen LogP contribution is -2.35. The number of hydrogen-bond acceptors (Lipinski definition) is 6. The fourth-order valence-electron chi connectivity index (χ4n) is 3.58. The van der Waals surface area contributed by atoms with Gasteiger partial charge in [-0.2, -0.15) is 4.31 Å². The number of nitrogens with zero attached hydrogens (tertiary/aromatic N) is 2. The van der Waals surface area contributed by atoms with E-state index >= 15 is 0 Å². The zero-order chi connectivity index (χ0) is 19.6. The first-order chi connectivity index (χ1) is 13.5. The summed E-state index contributed by atoms with van der Waals surface area (Å²) in [4.78, 5) is 2.58. The molecule has 4 rings (SSSR count). The fourth-order valence-corrected chi connectivity index (χ4v) is 5.05. The molecule has 0 radical (unpaired) electrons. The summed E-state index contributed by atoms with van der Waals surface area (Å²) in [5.41, 5.74) is 7.37.